The third-order valence-electron chi connectivity index (χ3n) is 2.53. The topological polar surface area (TPSA) is 0 Å². The van der Waals surface area contributed by atoms with Crippen molar-refractivity contribution in [3.8, 4) is 11.1 Å². The zero-order valence-corrected chi connectivity index (χ0v) is 9.22. The number of hydrogen-bond donors (Lipinski definition) is 0. The second-order valence-electron chi connectivity index (χ2n) is 3.95. The molecule has 2 rings (SSSR count). The Hall–Kier alpha value is -1.70. The molecule has 0 atom stereocenters. The summed E-state index contributed by atoms with van der Waals surface area (Å²) >= 11 is 0. The lowest BCUT2D eigenvalue weighted by molar-refractivity contribution is 0.619. The van der Waals surface area contributed by atoms with E-state index < -0.39 is 0 Å². The van der Waals surface area contributed by atoms with Crippen LogP contribution in [0.25, 0.3) is 11.1 Å². The Morgan fingerprint density at radius 3 is 2.38 bits per heavy atom. The van der Waals surface area contributed by atoms with Crippen LogP contribution in [0.3, 0.4) is 0 Å². The molecule has 0 aliphatic heterocycles. The molecule has 2 aromatic carbocycles. The van der Waals surface area contributed by atoms with E-state index in [-0.39, 0.29) is 11.6 Å². The molecule has 0 spiro atoms. The van der Waals surface area contributed by atoms with Gasteiger partial charge in [0.25, 0.3) is 0 Å². The maximum absolute atomic E-state index is 13.9. The van der Waals surface area contributed by atoms with Gasteiger partial charge in [0.2, 0.25) is 0 Å². The van der Waals surface area contributed by atoms with Crippen LogP contribution >= 0.6 is 0 Å². The van der Waals surface area contributed by atoms with Crippen LogP contribution in [0, 0.1) is 25.5 Å². The number of hydrogen-bond acceptors (Lipinski definition) is 0. The van der Waals surface area contributed by atoms with E-state index in [2.05, 4.69) is 0 Å². The highest BCUT2D eigenvalue weighted by Gasteiger charge is 2.09. The van der Waals surface area contributed by atoms with Crippen molar-refractivity contribution < 1.29 is 8.78 Å². The first-order valence-electron chi connectivity index (χ1n) is 5.10. The summed E-state index contributed by atoms with van der Waals surface area (Å²) in [7, 11) is 0. The van der Waals surface area contributed by atoms with E-state index in [1.807, 2.05) is 6.92 Å². The van der Waals surface area contributed by atoms with Crippen molar-refractivity contribution in [2.24, 2.45) is 0 Å². The molecule has 0 unspecified atom stereocenters. The molecular weight excluding hydrogens is 206 g/mol. The van der Waals surface area contributed by atoms with Crippen molar-refractivity contribution in [1.29, 1.82) is 0 Å². The zero-order chi connectivity index (χ0) is 11.7. The molecule has 2 aromatic rings. The van der Waals surface area contributed by atoms with Gasteiger partial charge in [-0.05, 0) is 43.2 Å². The van der Waals surface area contributed by atoms with Crippen LogP contribution in [0.5, 0.6) is 0 Å². The summed E-state index contributed by atoms with van der Waals surface area (Å²) in [4.78, 5) is 0. The van der Waals surface area contributed by atoms with Gasteiger partial charge >= 0.3 is 0 Å². The third-order valence-corrected chi connectivity index (χ3v) is 2.53. The molecule has 0 N–H and O–H groups in total. The van der Waals surface area contributed by atoms with Gasteiger partial charge in [0.05, 0.1) is 0 Å². The van der Waals surface area contributed by atoms with Crippen LogP contribution in [0.15, 0.2) is 36.4 Å². The minimum absolute atomic E-state index is 0.281. The first-order valence-corrected chi connectivity index (χ1v) is 5.10. The average Bonchev–Trinajstić information content (AvgIpc) is 2.23. The second kappa shape index (κ2) is 4.05. The molecule has 2 heteroatoms. The summed E-state index contributed by atoms with van der Waals surface area (Å²) in [5.74, 6) is -0.632. The molecule has 0 heterocycles. The maximum Gasteiger partial charge on any atom is 0.133 e. The summed E-state index contributed by atoms with van der Waals surface area (Å²) in [6, 6.07) is 9.50. The monoisotopic (exact) mass is 218 g/mol. The Morgan fingerprint density at radius 1 is 0.938 bits per heavy atom. The van der Waals surface area contributed by atoms with Gasteiger partial charge in [-0.1, -0.05) is 23.8 Å². The van der Waals surface area contributed by atoms with Crippen LogP contribution in [-0.2, 0) is 0 Å². The van der Waals surface area contributed by atoms with Gasteiger partial charge in [-0.15, -0.1) is 0 Å². The Balaban J connectivity index is 2.64. The molecule has 82 valence electrons. The molecule has 0 saturated heterocycles. The van der Waals surface area contributed by atoms with Crippen molar-refractivity contribution in [3.05, 3.63) is 59.2 Å². The van der Waals surface area contributed by atoms with Gasteiger partial charge < -0.3 is 0 Å². The molecule has 0 radical (unpaired) electrons. The Labute approximate surface area is 93.5 Å². The number of halogens is 2. The molecule has 0 nitrogen and oxygen atoms in total. The zero-order valence-electron chi connectivity index (χ0n) is 9.22. The predicted octanol–water partition coefficient (Wildman–Crippen LogP) is 4.25. The molecule has 0 aromatic heterocycles. The van der Waals surface area contributed by atoms with Crippen molar-refractivity contribution in [1.82, 2.24) is 0 Å². The molecule has 0 fully saturated rings. The number of aryl methyl sites for hydroxylation is 2. The van der Waals surface area contributed by atoms with E-state index in [1.54, 1.807) is 31.2 Å². The summed E-state index contributed by atoms with van der Waals surface area (Å²) < 4.78 is 26.9. The lowest BCUT2D eigenvalue weighted by Crippen LogP contribution is -1.91. The fourth-order valence-corrected chi connectivity index (χ4v) is 1.82. The van der Waals surface area contributed by atoms with Gasteiger partial charge in [0.1, 0.15) is 11.6 Å². The Bertz CT molecular complexity index is 530. The minimum atomic E-state index is -0.351. The van der Waals surface area contributed by atoms with Gasteiger partial charge in [-0.2, -0.15) is 0 Å². The van der Waals surface area contributed by atoms with Crippen molar-refractivity contribution in [3.63, 3.8) is 0 Å². The average molecular weight is 218 g/mol. The maximum atomic E-state index is 13.9. The molecule has 0 aliphatic rings. The van der Waals surface area contributed by atoms with Crippen LogP contribution in [-0.4, -0.2) is 0 Å². The highest BCUT2D eigenvalue weighted by molar-refractivity contribution is 5.66. The van der Waals surface area contributed by atoms with E-state index in [4.69, 9.17) is 0 Å². The van der Waals surface area contributed by atoms with Crippen LogP contribution < -0.4 is 0 Å². The van der Waals surface area contributed by atoms with E-state index in [0.717, 1.165) is 5.56 Å². The predicted molar refractivity (Wildman–Crippen MR) is 61.3 cm³/mol. The number of benzene rings is 2. The summed E-state index contributed by atoms with van der Waals surface area (Å²) in [6.45, 7) is 3.61. The quantitative estimate of drug-likeness (QED) is 0.671. The van der Waals surface area contributed by atoms with Gasteiger partial charge in [0.15, 0.2) is 0 Å². The normalized spacial score (nSPS) is 10.5. The van der Waals surface area contributed by atoms with E-state index in [1.165, 1.54) is 12.1 Å². The molecule has 0 saturated carbocycles. The SMILES string of the molecule is Cc1cc(C)c(F)c(-c2cccc(F)c2)c1. The van der Waals surface area contributed by atoms with E-state index in [9.17, 15) is 8.78 Å². The first kappa shape index (κ1) is 10.8. The molecule has 0 amide bonds. The fourth-order valence-electron chi connectivity index (χ4n) is 1.82. The van der Waals surface area contributed by atoms with Crippen LogP contribution in [0.1, 0.15) is 11.1 Å². The van der Waals surface area contributed by atoms with Crippen molar-refractivity contribution in [2.45, 2.75) is 13.8 Å². The van der Waals surface area contributed by atoms with E-state index >= 15 is 0 Å². The fraction of sp³-hybridized carbons (Fsp3) is 0.143. The summed E-state index contributed by atoms with van der Waals surface area (Å²) in [5, 5.41) is 0. The molecule has 16 heavy (non-hydrogen) atoms. The Morgan fingerprint density at radius 2 is 1.69 bits per heavy atom. The molecule has 0 aliphatic carbocycles. The first-order chi connectivity index (χ1) is 7.58. The second-order valence-corrected chi connectivity index (χ2v) is 3.95. The lowest BCUT2D eigenvalue weighted by atomic mass is 10.00. The van der Waals surface area contributed by atoms with Crippen LogP contribution in [0.4, 0.5) is 8.78 Å². The summed E-state index contributed by atoms with van der Waals surface area (Å²) in [6.07, 6.45) is 0. The highest BCUT2D eigenvalue weighted by Crippen LogP contribution is 2.26. The standard InChI is InChI=1S/C14H12F2/c1-9-6-10(2)14(16)13(7-9)11-4-3-5-12(15)8-11/h3-8H,1-2H3. The van der Waals surface area contributed by atoms with Gasteiger partial charge in [0, 0.05) is 5.56 Å². The van der Waals surface area contributed by atoms with Crippen molar-refractivity contribution in [2.75, 3.05) is 0 Å². The highest BCUT2D eigenvalue weighted by atomic mass is 19.1. The minimum Gasteiger partial charge on any atom is -0.207 e. The molecule has 0 bridgehead atoms. The Kier molecular flexibility index (Phi) is 2.73. The lowest BCUT2D eigenvalue weighted by Gasteiger charge is -2.07. The number of rotatable bonds is 1. The van der Waals surface area contributed by atoms with Gasteiger partial charge in [-0.3, -0.25) is 0 Å². The van der Waals surface area contributed by atoms with Crippen molar-refractivity contribution >= 4 is 0 Å². The largest absolute Gasteiger partial charge is 0.207 e. The summed E-state index contributed by atoms with van der Waals surface area (Å²) in [5.41, 5.74) is 2.58. The van der Waals surface area contributed by atoms with Crippen LogP contribution in [0.2, 0.25) is 0 Å². The van der Waals surface area contributed by atoms with Gasteiger partial charge in [-0.25, -0.2) is 8.78 Å². The third kappa shape index (κ3) is 1.96. The smallest absolute Gasteiger partial charge is 0.133 e. The van der Waals surface area contributed by atoms with E-state index in [0.29, 0.717) is 16.7 Å². The molecular formula is C14H12F2.